The second-order valence-electron chi connectivity index (χ2n) is 4.53. The van der Waals surface area contributed by atoms with Crippen LogP contribution in [-0.4, -0.2) is 63.2 Å². The van der Waals surface area contributed by atoms with Crippen molar-refractivity contribution in [1.82, 2.24) is 9.80 Å². The summed E-state index contributed by atoms with van der Waals surface area (Å²) in [5.41, 5.74) is 0. The fraction of sp³-hybridized carbons (Fsp3) is 0.917. The van der Waals surface area contributed by atoms with Gasteiger partial charge in [-0.15, -0.1) is 0 Å². The first-order valence-corrected chi connectivity index (χ1v) is 5.96. The van der Waals surface area contributed by atoms with E-state index in [0.717, 1.165) is 32.6 Å². The van der Waals surface area contributed by atoms with Crippen molar-refractivity contribution in [2.45, 2.75) is 20.3 Å². The summed E-state index contributed by atoms with van der Waals surface area (Å²) in [6, 6.07) is 0. The zero-order chi connectivity index (χ0) is 12.6. The molecule has 0 radical (unpaired) electrons. The number of hydrogen-bond acceptors (Lipinski definition) is 4. The van der Waals surface area contributed by atoms with E-state index in [0.29, 0.717) is 0 Å². The van der Waals surface area contributed by atoms with Gasteiger partial charge in [0.15, 0.2) is 0 Å². The van der Waals surface area contributed by atoms with Gasteiger partial charge in [-0.2, -0.15) is 0 Å². The van der Waals surface area contributed by atoms with Gasteiger partial charge in [0.2, 0.25) is 0 Å². The number of ether oxygens (including phenoxy) is 1. The molecule has 4 nitrogen and oxygen atoms in total. The minimum absolute atomic E-state index is 0.0429. The van der Waals surface area contributed by atoms with Crippen LogP contribution >= 0.6 is 0 Å². The highest BCUT2D eigenvalue weighted by atomic mass is 16.5. The third kappa shape index (κ3) is 6.80. The average Bonchev–Trinajstić information content (AvgIpc) is 2.24. The number of rotatable bonds is 8. The van der Waals surface area contributed by atoms with Crippen LogP contribution < -0.4 is 0 Å². The van der Waals surface area contributed by atoms with E-state index in [2.05, 4.69) is 30.8 Å². The van der Waals surface area contributed by atoms with Gasteiger partial charge in [-0.1, -0.05) is 13.8 Å². The second kappa shape index (κ2) is 8.53. The number of nitrogens with zero attached hydrogens (tertiary/aromatic N) is 2. The predicted octanol–water partition coefficient (Wildman–Crippen LogP) is 1.07. The Labute approximate surface area is 99.5 Å². The van der Waals surface area contributed by atoms with Crippen molar-refractivity contribution in [3.05, 3.63) is 0 Å². The Morgan fingerprint density at radius 3 is 2.31 bits per heavy atom. The van der Waals surface area contributed by atoms with E-state index < -0.39 is 0 Å². The Morgan fingerprint density at radius 1 is 1.25 bits per heavy atom. The van der Waals surface area contributed by atoms with Crippen molar-refractivity contribution < 1.29 is 9.53 Å². The topological polar surface area (TPSA) is 32.8 Å². The molecule has 0 aromatic heterocycles. The summed E-state index contributed by atoms with van der Waals surface area (Å²) in [6.07, 6.45) is 1.11. The minimum Gasteiger partial charge on any atom is -0.469 e. The highest BCUT2D eigenvalue weighted by molar-refractivity contribution is 5.72. The van der Waals surface area contributed by atoms with E-state index in [-0.39, 0.29) is 11.9 Å². The first-order chi connectivity index (χ1) is 7.51. The molecule has 0 bridgehead atoms. The Bertz CT molecular complexity index is 195. The van der Waals surface area contributed by atoms with E-state index in [4.69, 9.17) is 4.74 Å². The third-order valence-corrected chi connectivity index (χ3v) is 2.54. The van der Waals surface area contributed by atoms with Crippen LogP contribution in [0.3, 0.4) is 0 Å². The summed E-state index contributed by atoms with van der Waals surface area (Å²) >= 11 is 0. The van der Waals surface area contributed by atoms with Crippen molar-refractivity contribution in [2.24, 2.45) is 5.92 Å². The smallest absolute Gasteiger partial charge is 0.309 e. The Hall–Kier alpha value is -0.610. The molecule has 0 saturated heterocycles. The molecule has 0 aliphatic heterocycles. The van der Waals surface area contributed by atoms with Crippen molar-refractivity contribution in [2.75, 3.05) is 47.4 Å². The average molecular weight is 230 g/mol. The number of methoxy groups -OCH3 is 1. The van der Waals surface area contributed by atoms with Crippen molar-refractivity contribution in [3.63, 3.8) is 0 Å². The standard InChI is InChI=1S/C12H26N2O2/c1-6-7-14(9-8-13(3)4)10-11(2)12(15)16-5/h11H,6-10H2,1-5H3. The van der Waals surface area contributed by atoms with Crippen LogP contribution in [0.1, 0.15) is 20.3 Å². The lowest BCUT2D eigenvalue weighted by molar-refractivity contribution is -0.145. The first-order valence-electron chi connectivity index (χ1n) is 5.96. The largest absolute Gasteiger partial charge is 0.469 e. The Morgan fingerprint density at radius 2 is 1.88 bits per heavy atom. The second-order valence-corrected chi connectivity index (χ2v) is 4.53. The van der Waals surface area contributed by atoms with Crippen LogP contribution in [0.2, 0.25) is 0 Å². The molecule has 0 amide bonds. The highest BCUT2D eigenvalue weighted by Gasteiger charge is 2.16. The summed E-state index contributed by atoms with van der Waals surface area (Å²) < 4.78 is 4.74. The summed E-state index contributed by atoms with van der Waals surface area (Å²) in [7, 11) is 5.57. The van der Waals surface area contributed by atoms with Crippen LogP contribution in [0.25, 0.3) is 0 Å². The summed E-state index contributed by atoms with van der Waals surface area (Å²) in [4.78, 5) is 15.8. The minimum atomic E-state index is -0.119. The molecule has 0 rings (SSSR count). The van der Waals surface area contributed by atoms with Crippen LogP contribution in [0.5, 0.6) is 0 Å². The van der Waals surface area contributed by atoms with Crippen LogP contribution in [0, 0.1) is 5.92 Å². The summed E-state index contributed by atoms with van der Waals surface area (Å²) in [5.74, 6) is -0.162. The summed E-state index contributed by atoms with van der Waals surface area (Å²) in [5, 5.41) is 0. The molecule has 0 aliphatic rings. The van der Waals surface area contributed by atoms with Gasteiger partial charge in [0.05, 0.1) is 13.0 Å². The van der Waals surface area contributed by atoms with Gasteiger partial charge in [0, 0.05) is 19.6 Å². The zero-order valence-electron chi connectivity index (χ0n) is 11.3. The quantitative estimate of drug-likeness (QED) is 0.584. The number of carbonyl (C=O) groups is 1. The number of hydrogen-bond donors (Lipinski definition) is 0. The van der Waals surface area contributed by atoms with Gasteiger partial charge in [-0.05, 0) is 27.1 Å². The lowest BCUT2D eigenvalue weighted by Gasteiger charge is -2.25. The van der Waals surface area contributed by atoms with Crippen molar-refractivity contribution in [1.29, 1.82) is 0 Å². The van der Waals surface area contributed by atoms with Crippen molar-refractivity contribution >= 4 is 5.97 Å². The van der Waals surface area contributed by atoms with Crippen LogP contribution in [-0.2, 0) is 9.53 Å². The van der Waals surface area contributed by atoms with Gasteiger partial charge >= 0.3 is 5.97 Å². The molecule has 0 aliphatic carbocycles. The van der Waals surface area contributed by atoms with E-state index >= 15 is 0 Å². The molecule has 0 heterocycles. The molecule has 0 aromatic rings. The SMILES string of the molecule is CCCN(CCN(C)C)CC(C)C(=O)OC. The molecule has 4 heteroatoms. The van der Waals surface area contributed by atoms with E-state index in [9.17, 15) is 4.79 Å². The Balaban J connectivity index is 4.05. The molecule has 1 unspecified atom stereocenters. The van der Waals surface area contributed by atoms with Crippen LogP contribution in [0.4, 0.5) is 0 Å². The maximum absolute atomic E-state index is 11.3. The van der Waals surface area contributed by atoms with Gasteiger partial charge in [0.25, 0.3) is 0 Å². The monoisotopic (exact) mass is 230 g/mol. The number of likely N-dealkylation sites (N-methyl/N-ethyl adjacent to an activating group) is 1. The summed E-state index contributed by atoms with van der Waals surface area (Å²) in [6.45, 7) is 7.93. The van der Waals surface area contributed by atoms with E-state index in [1.165, 1.54) is 7.11 Å². The number of carbonyl (C=O) groups excluding carboxylic acids is 1. The molecular formula is C12H26N2O2. The van der Waals surface area contributed by atoms with Gasteiger partial charge in [0.1, 0.15) is 0 Å². The van der Waals surface area contributed by atoms with Gasteiger partial charge in [-0.25, -0.2) is 0 Å². The lowest BCUT2D eigenvalue weighted by atomic mass is 10.1. The lowest BCUT2D eigenvalue weighted by Crippen LogP contribution is -2.37. The third-order valence-electron chi connectivity index (χ3n) is 2.54. The maximum atomic E-state index is 11.3. The zero-order valence-corrected chi connectivity index (χ0v) is 11.3. The van der Waals surface area contributed by atoms with Gasteiger partial charge < -0.3 is 14.5 Å². The molecule has 0 saturated carbocycles. The fourth-order valence-electron chi connectivity index (χ4n) is 1.62. The molecule has 0 fully saturated rings. The van der Waals surface area contributed by atoms with Gasteiger partial charge in [-0.3, -0.25) is 4.79 Å². The first kappa shape index (κ1) is 15.4. The predicted molar refractivity (Wildman–Crippen MR) is 66.5 cm³/mol. The van der Waals surface area contributed by atoms with E-state index in [1.54, 1.807) is 0 Å². The number of esters is 1. The van der Waals surface area contributed by atoms with Crippen LogP contribution in [0.15, 0.2) is 0 Å². The molecule has 96 valence electrons. The highest BCUT2D eigenvalue weighted by Crippen LogP contribution is 2.03. The molecule has 0 aromatic carbocycles. The van der Waals surface area contributed by atoms with Crippen molar-refractivity contribution in [3.8, 4) is 0 Å². The molecule has 1 atom stereocenters. The molecule has 16 heavy (non-hydrogen) atoms. The molecule has 0 spiro atoms. The normalized spacial score (nSPS) is 13.2. The molecule has 0 N–H and O–H groups in total. The molecular weight excluding hydrogens is 204 g/mol. The fourth-order valence-corrected chi connectivity index (χ4v) is 1.62. The Kier molecular flexibility index (Phi) is 8.21. The maximum Gasteiger partial charge on any atom is 0.309 e. The van der Waals surface area contributed by atoms with E-state index in [1.807, 2.05) is 6.92 Å².